The topological polar surface area (TPSA) is 52.0 Å². The van der Waals surface area contributed by atoms with Gasteiger partial charge in [0, 0.05) is 6.54 Å². The number of hydrogen-bond donors (Lipinski definition) is 2. The van der Waals surface area contributed by atoms with Gasteiger partial charge in [-0.05, 0) is 13.0 Å². The van der Waals surface area contributed by atoms with Crippen LogP contribution in [-0.4, -0.2) is 19.3 Å². The Kier molecular flexibility index (Phi) is 20.3. The predicted octanol–water partition coefficient (Wildman–Crippen LogP) is 0.476. The molecule has 60 valence electrons. The van der Waals surface area contributed by atoms with E-state index in [0.717, 1.165) is 0 Å². The van der Waals surface area contributed by atoms with Crippen LogP contribution in [0.5, 0.6) is 0 Å². The van der Waals surface area contributed by atoms with Crippen LogP contribution in [0, 0.1) is 0 Å². The largest absolute Gasteiger partial charge is 0.330 e. The lowest BCUT2D eigenvalue weighted by Gasteiger charge is -1.98. The fourth-order valence-electron chi connectivity index (χ4n) is 0.299. The third kappa shape index (κ3) is 11.8. The Balaban J connectivity index is -0.000000180. The van der Waals surface area contributed by atoms with Gasteiger partial charge in [-0.3, -0.25) is 0 Å². The Hall–Kier alpha value is 0.430. The Morgan fingerprint density at radius 1 is 1.22 bits per heavy atom. The first-order chi connectivity index (χ1) is 3.31. The van der Waals surface area contributed by atoms with Gasteiger partial charge in [0.25, 0.3) is 0 Å². The summed E-state index contributed by atoms with van der Waals surface area (Å²) in [5, 5.41) is 0. The van der Waals surface area contributed by atoms with Crippen LogP contribution in [0.1, 0.15) is 6.42 Å². The zero-order valence-electron chi connectivity index (χ0n) is 5.05. The average molecular weight is 179 g/mol. The summed E-state index contributed by atoms with van der Waals surface area (Å²) in [6.45, 7) is 0.482. The lowest BCUT2D eigenvalue weighted by molar-refractivity contribution is 0.326. The molecule has 2 nitrogen and oxygen atoms in total. The van der Waals surface area contributed by atoms with Gasteiger partial charge in [0.2, 0.25) is 0 Å². The molecule has 0 saturated heterocycles. The van der Waals surface area contributed by atoms with Crippen molar-refractivity contribution in [3.63, 3.8) is 0 Å². The molecule has 5 heteroatoms. The van der Waals surface area contributed by atoms with Crippen molar-refractivity contribution in [3.8, 4) is 0 Å². The van der Waals surface area contributed by atoms with Gasteiger partial charge >= 0.3 is 0 Å². The van der Waals surface area contributed by atoms with E-state index in [2.05, 4.69) is 0 Å². The molecule has 1 atom stereocenters. The Bertz CT molecular complexity index is 47.5. The van der Waals surface area contributed by atoms with Gasteiger partial charge in [-0.25, -0.2) is 4.39 Å². The molecule has 0 rings (SSSR count). The summed E-state index contributed by atoms with van der Waals surface area (Å²) in [6.07, 6.45) is -0.513. The summed E-state index contributed by atoms with van der Waals surface area (Å²) >= 11 is 0. The zero-order chi connectivity index (χ0) is 5.70. The number of alkyl halides is 1. The summed E-state index contributed by atoms with van der Waals surface area (Å²) in [4.78, 5) is 0. The molecule has 4 N–H and O–H groups in total. The zero-order valence-corrected chi connectivity index (χ0v) is 6.68. The van der Waals surface area contributed by atoms with E-state index in [1.807, 2.05) is 0 Å². The van der Waals surface area contributed by atoms with Crippen molar-refractivity contribution in [2.24, 2.45) is 11.5 Å². The van der Waals surface area contributed by atoms with Gasteiger partial charge in [-0.2, -0.15) is 0 Å². The van der Waals surface area contributed by atoms with E-state index in [-0.39, 0.29) is 31.4 Å². The van der Waals surface area contributed by atoms with E-state index in [1.54, 1.807) is 0 Å². The molecule has 0 heterocycles. The highest BCUT2D eigenvalue weighted by atomic mass is 35.5. The standard InChI is InChI=1S/C4H11FN2.2ClH/c5-4(3-7)1-2-6;;/h4H,1-3,6-7H2;2*1H/t4-;;/m0../s1. The van der Waals surface area contributed by atoms with Crippen molar-refractivity contribution in [2.45, 2.75) is 12.6 Å². The van der Waals surface area contributed by atoms with Crippen LogP contribution in [0.25, 0.3) is 0 Å². The molecular formula is C4H13Cl2FN2. The quantitative estimate of drug-likeness (QED) is 0.661. The summed E-state index contributed by atoms with van der Waals surface area (Å²) < 4.78 is 11.9. The number of halogens is 3. The average Bonchev–Trinajstić information content (AvgIpc) is 1.68. The van der Waals surface area contributed by atoms with Crippen molar-refractivity contribution in [2.75, 3.05) is 13.1 Å². The summed E-state index contributed by atoms with van der Waals surface area (Å²) in [5.41, 5.74) is 9.94. The van der Waals surface area contributed by atoms with Crippen molar-refractivity contribution in [1.29, 1.82) is 0 Å². The molecular weight excluding hydrogens is 166 g/mol. The highest BCUT2D eigenvalue weighted by molar-refractivity contribution is 5.85. The maximum atomic E-state index is 11.9. The minimum Gasteiger partial charge on any atom is -0.330 e. The first kappa shape index (κ1) is 16.2. The highest BCUT2D eigenvalue weighted by Crippen LogP contribution is 1.90. The van der Waals surface area contributed by atoms with E-state index >= 15 is 0 Å². The van der Waals surface area contributed by atoms with E-state index in [9.17, 15) is 4.39 Å². The van der Waals surface area contributed by atoms with E-state index < -0.39 is 6.17 Å². The third-order valence-electron chi connectivity index (χ3n) is 0.736. The van der Waals surface area contributed by atoms with Crippen LogP contribution in [0.15, 0.2) is 0 Å². The Morgan fingerprint density at radius 3 is 1.78 bits per heavy atom. The molecule has 0 aliphatic rings. The van der Waals surface area contributed by atoms with Crippen molar-refractivity contribution in [1.82, 2.24) is 0 Å². The van der Waals surface area contributed by atoms with Crippen molar-refractivity contribution < 1.29 is 4.39 Å². The maximum absolute atomic E-state index is 11.9. The highest BCUT2D eigenvalue weighted by Gasteiger charge is 1.98. The third-order valence-corrected chi connectivity index (χ3v) is 0.736. The molecule has 0 aliphatic carbocycles. The van der Waals surface area contributed by atoms with E-state index in [4.69, 9.17) is 11.5 Å². The van der Waals surface area contributed by atoms with E-state index in [1.165, 1.54) is 0 Å². The first-order valence-corrected chi connectivity index (χ1v) is 2.35. The molecule has 0 radical (unpaired) electrons. The second kappa shape index (κ2) is 11.3. The molecule has 9 heavy (non-hydrogen) atoms. The molecule has 0 bridgehead atoms. The maximum Gasteiger partial charge on any atom is 0.113 e. The van der Waals surface area contributed by atoms with Crippen LogP contribution in [0.4, 0.5) is 4.39 Å². The van der Waals surface area contributed by atoms with Crippen LogP contribution in [-0.2, 0) is 0 Å². The number of rotatable bonds is 3. The van der Waals surface area contributed by atoms with Crippen molar-refractivity contribution in [3.05, 3.63) is 0 Å². The molecule has 0 fully saturated rings. The second-order valence-electron chi connectivity index (χ2n) is 1.41. The van der Waals surface area contributed by atoms with Crippen LogP contribution in [0.2, 0.25) is 0 Å². The SMILES string of the molecule is Cl.Cl.NCC[C@H](F)CN. The molecule has 0 saturated carbocycles. The normalized spacial score (nSPS) is 11.0. The molecule has 0 aromatic carbocycles. The van der Waals surface area contributed by atoms with Crippen molar-refractivity contribution >= 4 is 24.8 Å². The van der Waals surface area contributed by atoms with Gasteiger partial charge in [0.1, 0.15) is 6.17 Å². The van der Waals surface area contributed by atoms with Crippen LogP contribution in [0.3, 0.4) is 0 Å². The second-order valence-corrected chi connectivity index (χ2v) is 1.41. The Labute approximate surface area is 67.0 Å². The van der Waals surface area contributed by atoms with E-state index in [0.29, 0.717) is 13.0 Å². The minimum absolute atomic E-state index is 0. The molecule has 0 aromatic heterocycles. The molecule has 0 aromatic rings. The van der Waals surface area contributed by atoms with Gasteiger partial charge in [-0.15, -0.1) is 24.8 Å². The van der Waals surface area contributed by atoms with Gasteiger partial charge in [-0.1, -0.05) is 0 Å². The number of hydrogen-bond acceptors (Lipinski definition) is 2. The minimum atomic E-state index is -0.898. The monoisotopic (exact) mass is 178 g/mol. The molecule has 0 amide bonds. The van der Waals surface area contributed by atoms with Gasteiger partial charge < -0.3 is 11.5 Å². The fraction of sp³-hybridized carbons (Fsp3) is 1.00. The molecule has 0 unspecified atom stereocenters. The Morgan fingerprint density at radius 2 is 1.67 bits per heavy atom. The molecule has 0 spiro atoms. The van der Waals surface area contributed by atoms with Crippen LogP contribution < -0.4 is 11.5 Å². The summed E-state index contributed by atoms with van der Waals surface area (Å²) in [6, 6.07) is 0. The predicted molar refractivity (Wildman–Crippen MR) is 42.1 cm³/mol. The smallest absolute Gasteiger partial charge is 0.113 e. The lowest BCUT2D eigenvalue weighted by atomic mass is 10.3. The first-order valence-electron chi connectivity index (χ1n) is 2.35. The summed E-state index contributed by atoms with van der Waals surface area (Å²) in [7, 11) is 0. The van der Waals surface area contributed by atoms with Gasteiger partial charge in [0.05, 0.1) is 0 Å². The fourth-order valence-corrected chi connectivity index (χ4v) is 0.299. The van der Waals surface area contributed by atoms with Crippen LogP contribution >= 0.6 is 24.8 Å². The summed E-state index contributed by atoms with van der Waals surface area (Å²) in [5.74, 6) is 0. The molecule has 0 aliphatic heterocycles. The van der Waals surface area contributed by atoms with Gasteiger partial charge in [0.15, 0.2) is 0 Å². The number of nitrogens with two attached hydrogens (primary N) is 2. The lowest BCUT2D eigenvalue weighted by Crippen LogP contribution is -2.18.